The number of rotatable bonds is 2. The topological polar surface area (TPSA) is 34.0 Å². The standard InChI is InChI=1S/C11H14N4/c1-14(2)10-6-4-9(5-7-10)11-8-15(3)13-12-11/h4-8H,1-3H3. The zero-order valence-corrected chi connectivity index (χ0v) is 9.18. The predicted molar refractivity (Wildman–Crippen MR) is 60.8 cm³/mol. The van der Waals surface area contributed by atoms with Gasteiger partial charge in [-0.3, -0.25) is 4.68 Å². The first-order valence-electron chi connectivity index (χ1n) is 4.81. The molecule has 0 aliphatic carbocycles. The summed E-state index contributed by atoms with van der Waals surface area (Å²) in [7, 11) is 5.92. The van der Waals surface area contributed by atoms with E-state index in [0.29, 0.717) is 0 Å². The number of aromatic nitrogens is 3. The van der Waals surface area contributed by atoms with Crippen LogP contribution in [0.5, 0.6) is 0 Å². The summed E-state index contributed by atoms with van der Waals surface area (Å²) in [5.74, 6) is 0. The molecular formula is C11H14N4. The van der Waals surface area contributed by atoms with Crippen LogP contribution < -0.4 is 4.90 Å². The molecule has 0 saturated heterocycles. The van der Waals surface area contributed by atoms with Crippen molar-refractivity contribution in [3.8, 4) is 11.3 Å². The largest absolute Gasteiger partial charge is 0.378 e. The van der Waals surface area contributed by atoms with Crippen LogP contribution in [-0.4, -0.2) is 29.1 Å². The van der Waals surface area contributed by atoms with Gasteiger partial charge in [-0.15, -0.1) is 5.10 Å². The van der Waals surface area contributed by atoms with Crippen LogP contribution in [0.25, 0.3) is 11.3 Å². The zero-order chi connectivity index (χ0) is 10.8. The number of anilines is 1. The van der Waals surface area contributed by atoms with Crippen molar-refractivity contribution in [3.05, 3.63) is 30.5 Å². The number of nitrogens with zero attached hydrogens (tertiary/aromatic N) is 4. The molecule has 0 aliphatic heterocycles. The summed E-state index contributed by atoms with van der Waals surface area (Å²) in [5, 5.41) is 7.97. The van der Waals surface area contributed by atoms with E-state index in [4.69, 9.17) is 0 Å². The van der Waals surface area contributed by atoms with E-state index >= 15 is 0 Å². The van der Waals surface area contributed by atoms with E-state index in [1.165, 1.54) is 5.69 Å². The lowest BCUT2D eigenvalue weighted by molar-refractivity contribution is 0.715. The summed E-state index contributed by atoms with van der Waals surface area (Å²) in [6.07, 6.45) is 1.91. The molecule has 15 heavy (non-hydrogen) atoms. The molecule has 0 unspecified atom stereocenters. The molecule has 1 aromatic carbocycles. The Kier molecular flexibility index (Phi) is 2.41. The Hall–Kier alpha value is -1.84. The Morgan fingerprint density at radius 1 is 1.13 bits per heavy atom. The molecule has 0 radical (unpaired) electrons. The first kappa shape index (κ1) is 9.71. The van der Waals surface area contributed by atoms with Crippen molar-refractivity contribution in [2.24, 2.45) is 7.05 Å². The second kappa shape index (κ2) is 3.73. The van der Waals surface area contributed by atoms with Gasteiger partial charge in [0.05, 0.1) is 6.20 Å². The van der Waals surface area contributed by atoms with Crippen molar-refractivity contribution in [3.63, 3.8) is 0 Å². The maximum absolute atomic E-state index is 4.06. The molecule has 4 heteroatoms. The molecule has 4 nitrogen and oxygen atoms in total. The van der Waals surface area contributed by atoms with Gasteiger partial charge in [-0.25, -0.2) is 0 Å². The Labute approximate surface area is 89.1 Å². The summed E-state index contributed by atoms with van der Waals surface area (Å²) in [6, 6.07) is 8.26. The van der Waals surface area contributed by atoms with Crippen LogP contribution in [0.15, 0.2) is 30.5 Å². The summed E-state index contributed by atoms with van der Waals surface area (Å²) >= 11 is 0. The lowest BCUT2D eigenvalue weighted by atomic mass is 10.1. The molecule has 0 atom stereocenters. The molecule has 2 aromatic rings. The normalized spacial score (nSPS) is 10.3. The monoisotopic (exact) mass is 202 g/mol. The lowest BCUT2D eigenvalue weighted by Gasteiger charge is -2.11. The Bertz CT molecular complexity index is 442. The molecule has 1 heterocycles. The van der Waals surface area contributed by atoms with E-state index in [2.05, 4.69) is 39.5 Å². The summed E-state index contributed by atoms with van der Waals surface area (Å²) in [5.41, 5.74) is 3.18. The fourth-order valence-electron chi connectivity index (χ4n) is 1.41. The molecule has 0 bridgehead atoms. The minimum atomic E-state index is 0.905. The number of hydrogen-bond donors (Lipinski definition) is 0. The van der Waals surface area contributed by atoms with Crippen molar-refractivity contribution >= 4 is 5.69 Å². The first-order chi connectivity index (χ1) is 7.16. The SMILES string of the molecule is CN(C)c1ccc(-c2cn(C)nn2)cc1. The van der Waals surface area contributed by atoms with E-state index in [0.717, 1.165) is 11.3 Å². The van der Waals surface area contributed by atoms with Crippen LogP contribution in [0.4, 0.5) is 5.69 Å². The Morgan fingerprint density at radius 3 is 2.27 bits per heavy atom. The maximum Gasteiger partial charge on any atom is 0.113 e. The molecule has 0 saturated carbocycles. The molecular weight excluding hydrogens is 188 g/mol. The van der Waals surface area contributed by atoms with Gasteiger partial charge in [0.25, 0.3) is 0 Å². The third-order valence-corrected chi connectivity index (χ3v) is 2.28. The average Bonchev–Trinajstić information content (AvgIpc) is 2.65. The van der Waals surface area contributed by atoms with E-state index < -0.39 is 0 Å². The minimum absolute atomic E-state index is 0.905. The van der Waals surface area contributed by atoms with Crippen LogP contribution in [0.3, 0.4) is 0 Å². The molecule has 78 valence electrons. The first-order valence-corrected chi connectivity index (χ1v) is 4.81. The fourth-order valence-corrected chi connectivity index (χ4v) is 1.41. The predicted octanol–water partition coefficient (Wildman–Crippen LogP) is 1.55. The Morgan fingerprint density at radius 2 is 1.80 bits per heavy atom. The van der Waals surface area contributed by atoms with Gasteiger partial charge in [0, 0.05) is 32.4 Å². The lowest BCUT2D eigenvalue weighted by Crippen LogP contribution is -2.07. The van der Waals surface area contributed by atoms with E-state index in [1.807, 2.05) is 27.3 Å². The van der Waals surface area contributed by atoms with Crippen LogP contribution in [0.2, 0.25) is 0 Å². The van der Waals surface area contributed by atoms with Crippen LogP contribution >= 0.6 is 0 Å². The third kappa shape index (κ3) is 1.98. The van der Waals surface area contributed by atoms with Crippen molar-refractivity contribution in [1.29, 1.82) is 0 Å². The van der Waals surface area contributed by atoms with Gasteiger partial charge in [-0.05, 0) is 12.1 Å². The molecule has 1 aromatic heterocycles. The summed E-state index contributed by atoms with van der Waals surface area (Å²) in [4.78, 5) is 2.07. The van der Waals surface area contributed by atoms with Crippen molar-refractivity contribution in [2.75, 3.05) is 19.0 Å². The summed E-state index contributed by atoms with van der Waals surface area (Å²) < 4.78 is 1.70. The number of benzene rings is 1. The number of hydrogen-bond acceptors (Lipinski definition) is 3. The van der Waals surface area contributed by atoms with Gasteiger partial charge in [0.1, 0.15) is 5.69 Å². The minimum Gasteiger partial charge on any atom is -0.378 e. The summed E-state index contributed by atoms with van der Waals surface area (Å²) in [6.45, 7) is 0. The van der Waals surface area contributed by atoms with Gasteiger partial charge < -0.3 is 4.90 Å². The van der Waals surface area contributed by atoms with Crippen molar-refractivity contribution in [2.45, 2.75) is 0 Å². The van der Waals surface area contributed by atoms with Gasteiger partial charge in [0.2, 0.25) is 0 Å². The third-order valence-electron chi connectivity index (χ3n) is 2.28. The van der Waals surface area contributed by atoms with Crippen LogP contribution in [0, 0.1) is 0 Å². The smallest absolute Gasteiger partial charge is 0.113 e. The second-order valence-electron chi connectivity index (χ2n) is 3.72. The van der Waals surface area contributed by atoms with Gasteiger partial charge in [-0.1, -0.05) is 17.3 Å². The highest BCUT2D eigenvalue weighted by Gasteiger charge is 2.02. The molecule has 2 rings (SSSR count). The highest BCUT2D eigenvalue weighted by molar-refractivity contribution is 5.61. The molecule has 0 aliphatic rings. The average molecular weight is 202 g/mol. The van der Waals surface area contributed by atoms with Gasteiger partial charge >= 0.3 is 0 Å². The highest BCUT2D eigenvalue weighted by atomic mass is 15.4. The molecule has 0 spiro atoms. The van der Waals surface area contributed by atoms with Crippen molar-refractivity contribution < 1.29 is 0 Å². The van der Waals surface area contributed by atoms with Gasteiger partial charge in [-0.2, -0.15) is 0 Å². The Balaban J connectivity index is 2.31. The van der Waals surface area contributed by atoms with E-state index in [-0.39, 0.29) is 0 Å². The van der Waals surface area contributed by atoms with E-state index in [1.54, 1.807) is 4.68 Å². The molecule has 0 amide bonds. The quantitative estimate of drug-likeness (QED) is 0.741. The van der Waals surface area contributed by atoms with Crippen LogP contribution in [-0.2, 0) is 7.05 Å². The van der Waals surface area contributed by atoms with Crippen molar-refractivity contribution in [1.82, 2.24) is 15.0 Å². The van der Waals surface area contributed by atoms with E-state index in [9.17, 15) is 0 Å². The fraction of sp³-hybridized carbons (Fsp3) is 0.273. The van der Waals surface area contributed by atoms with Gasteiger partial charge in [0.15, 0.2) is 0 Å². The maximum atomic E-state index is 4.06. The van der Waals surface area contributed by atoms with Crippen LogP contribution in [0.1, 0.15) is 0 Å². The molecule has 0 fully saturated rings. The molecule has 0 N–H and O–H groups in total. The highest BCUT2D eigenvalue weighted by Crippen LogP contribution is 2.19. The zero-order valence-electron chi connectivity index (χ0n) is 9.18. The second-order valence-corrected chi connectivity index (χ2v) is 3.72. The number of aryl methyl sites for hydroxylation is 1.